The molecule has 0 saturated carbocycles. The number of carbonyl (C=O) groups is 1. The number of carbonyl (C=O) groups excluding carboxylic acids is 1. The van der Waals surface area contributed by atoms with Crippen LogP contribution in [0.25, 0.3) is 0 Å². The number of unbranched alkanes of at least 4 members (excludes halogenated alkanes) is 4. The van der Waals surface area contributed by atoms with Crippen LogP contribution in [0.15, 0.2) is 12.2 Å². The molecule has 26 heavy (non-hydrogen) atoms. The van der Waals surface area contributed by atoms with Gasteiger partial charge in [-0.3, -0.25) is 0 Å². The zero-order valence-corrected chi connectivity index (χ0v) is 18.5. The monoisotopic (exact) mass is 370 g/mol. The Morgan fingerprint density at radius 1 is 0.923 bits per heavy atom. The first-order valence-electron chi connectivity index (χ1n) is 10.7. The molecule has 3 atom stereocenters. The average molecular weight is 371 g/mol. The minimum absolute atomic E-state index is 0.343. The lowest BCUT2D eigenvalue weighted by Gasteiger charge is -2.15. The van der Waals surface area contributed by atoms with Crippen molar-refractivity contribution in [3.05, 3.63) is 12.2 Å². The Balaban J connectivity index is 0. The van der Waals surface area contributed by atoms with Gasteiger partial charge in [0, 0.05) is 13.0 Å². The van der Waals surface area contributed by atoms with Gasteiger partial charge in [-0.15, -0.1) is 0 Å². The van der Waals surface area contributed by atoms with Gasteiger partial charge in [0.2, 0.25) is 0 Å². The Labute approximate surface area is 163 Å². The van der Waals surface area contributed by atoms with Crippen molar-refractivity contribution < 1.29 is 14.3 Å². The predicted molar refractivity (Wildman–Crippen MR) is 114 cm³/mol. The summed E-state index contributed by atoms with van der Waals surface area (Å²) in [6.07, 6.45) is 12.3. The summed E-state index contributed by atoms with van der Waals surface area (Å²) >= 11 is 0. The lowest BCUT2D eigenvalue weighted by molar-refractivity contribution is -0.109. The normalized spacial score (nSPS) is 14.1. The highest BCUT2D eigenvalue weighted by Crippen LogP contribution is 2.09. The van der Waals surface area contributed by atoms with E-state index in [4.69, 9.17) is 9.47 Å². The van der Waals surface area contributed by atoms with Crippen LogP contribution in [0.2, 0.25) is 0 Å². The van der Waals surface area contributed by atoms with Crippen LogP contribution in [0.1, 0.15) is 99.3 Å². The van der Waals surface area contributed by atoms with Crippen LogP contribution in [-0.2, 0) is 14.3 Å². The summed E-state index contributed by atoms with van der Waals surface area (Å²) in [5, 5.41) is 0. The van der Waals surface area contributed by atoms with Gasteiger partial charge in [-0.25, -0.2) is 0 Å². The van der Waals surface area contributed by atoms with E-state index in [1.54, 1.807) is 0 Å². The first kappa shape index (κ1) is 27.5. The smallest absolute Gasteiger partial charge is 0.120 e. The molecule has 0 aliphatic heterocycles. The Morgan fingerprint density at radius 3 is 1.85 bits per heavy atom. The van der Waals surface area contributed by atoms with E-state index in [0.717, 1.165) is 18.3 Å². The van der Waals surface area contributed by atoms with Crippen molar-refractivity contribution in [2.24, 2.45) is 5.92 Å². The molecule has 3 unspecified atom stereocenters. The molecule has 0 aliphatic rings. The molecule has 3 nitrogen and oxygen atoms in total. The summed E-state index contributed by atoms with van der Waals surface area (Å²) in [4.78, 5) is 10.2. The van der Waals surface area contributed by atoms with Crippen LogP contribution < -0.4 is 0 Å². The molecule has 0 rings (SSSR count). The molecule has 0 aromatic carbocycles. The highest BCUT2D eigenvalue weighted by atomic mass is 16.5. The molecule has 3 heteroatoms. The number of hydrogen-bond donors (Lipinski definition) is 0. The van der Waals surface area contributed by atoms with Gasteiger partial charge in [0.1, 0.15) is 6.29 Å². The first-order chi connectivity index (χ1) is 12.4. The molecule has 0 fully saturated rings. The maximum Gasteiger partial charge on any atom is 0.120 e. The van der Waals surface area contributed by atoms with Gasteiger partial charge >= 0.3 is 0 Å². The second-order valence-corrected chi connectivity index (χ2v) is 7.72. The first-order valence-corrected chi connectivity index (χ1v) is 10.7. The van der Waals surface area contributed by atoms with E-state index in [-0.39, 0.29) is 0 Å². The summed E-state index contributed by atoms with van der Waals surface area (Å²) in [7, 11) is 0. The zero-order chi connectivity index (χ0) is 20.2. The van der Waals surface area contributed by atoms with Gasteiger partial charge in [-0.1, -0.05) is 71.4 Å². The minimum Gasteiger partial charge on any atom is -0.378 e. The molecule has 0 heterocycles. The summed E-state index contributed by atoms with van der Waals surface area (Å²) in [5.41, 5.74) is 1.11. The Bertz CT molecular complexity index is 315. The van der Waals surface area contributed by atoms with Crippen LogP contribution in [0.3, 0.4) is 0 Å². The van der Waals surface area contributed by atoms with E-state index in [1.807, 2.05) is 13.8 Å². The third-order valence-corrected chi connectivity index (χ3v) is 4.21. The number of rotatable bonds is 16. The SMILES string of the molecule is C=C(C)COC(C)CCCCC.CCCCCC(C)OCC(C)CC=O. The lowest BCUT2D eigenvalue weighted by Crippen LogP contribution is -2.14. The van der Waals surface area contributed by atoms with Crippen molar-refractivity contribution in [3.63, 3.8) is 0 Å². The van der Waals surface area contributed by atoms with E-state index in [1.165, 1.54) is 44.9 Å². The van der Waals surface area contributed by atoms with E-state index in [2.05, 4.69) is 34.3 Å². The molecule has 0 aliphatic carbocycles. The van der Waals surface area contributed by atoms with E-state index < -0.39 is 0 Å². The summed E-state index contributed by atoms with van der Waals surface area (Å²) in [5.74, 6) is 0.362. The van der Waals surface area contributed by atoms with Crippen molar-refractivity contribution in [3.8, 4) is 0 Å². The highest BCUT2D eigenvalue weighted by molar-refractivity contribution is 5.49. The lowest BCUT2D eigenvalue weighted by atomic mass is 10.1. The van der Waals surface area contributed by atoms with Gasteiger partial charge in [0.25, 0.3) is 0 Å². The molecule has 0 spiro atoms. The molecule has 0 saturated heterocycles. The fourth-order valence-electron chi connectivity index (χ4n) is 2.38. The number of aldehydes is 1. The van der Waals surface area contributed by atoms with Gasteiger partial charge in [0.05, 0.1) is 18.8 Å². The molecule has 0 N–H and O–H groups in total. The largest absolute Gasteiger partial charge is 0.378 e. The van der Waals surface area contributed by atoms with Gasteiger partial charge in [0.15, 0.2) is 0 Å². The zero-order valence-electron chi connectivity index (χ0n) is 18.5. The molecule has 0 aromatic heterocycles. The molecule has 0 amide bonds. The van der Waals surface area contributed by atoms with Crippen molar-refractivity contribution in [1.29, 1.82) is 0 Å². The third kappa shape index (κ3) is 23.3. The summed E-state index contributed by atoms with van der Waals surface area (Å²) in [6, 6.07) is 0. The summed E-state index contributed by atoms with van der Waals surface area (Å²) < 4.78 is 11.2. The fraction of sp³-hybridized carbons (Fsp3) is 0.870. The van der Waals surface area contributed by atoms with E-state index in [0.29, 0.717) is 37.8 Å². The second-order valence-electron chi connectivity index (χ2n) is 7.72. The van der Waals surface area contributed by atoms with Crippen molar-refractivity contribution >= 4 is 6.29 Å². The van der Waals surface area contributed by atoms with Crippen LogP contribution >= 0.6 is 0 Å². The Morgan fingerprint density at radius 2 is 1.42 bits per heavy atom. The third-order valence-electron chi connectivity index (χ3n) is 4.21. The van der Waals surface area contributed by atoms with Gasteiger partial charge in [-0.05, 0) is 39.5 Å². The molecule has 0 radical (unpaired) electrons. The standard InChI is InChI=1S/C12H24O2.C11H22O/c1-4-5-6-7-12(3)14-10-11(2)8-9-13;1-5-6-7-8-11(4)12-9-10(2)3/h9,11-12H,4-8,10H2,1-3H3;11H,2,5-9H2,1,3-4H3. The molecule has 0 bridgehead atoms. The molecule has 156 valence electrons. The van der Waals surface area contributed by atoms with Crippen molar-refractivity contribution in [1.82, 2.24) is 0 Å². The minimum atomic E-state index is 0.343. The topological polar surface area (TPSA) is 35.5 Å². The molecular formula is C23H46O3. The number of hydrogen-bond acceptors (Lipinski definition) is 3. The maximum atomic E-state index is 10.2. The van der Waals surface area contributed by atoms with Gasteiger partial charge in [-0.2, -0.15) is 0 Å². The Hall–Kier alpha value is -0.670. The Kier molecular flexibility index (Phi) is 21.9. The average Bonchev–Trinajstić information content (AvgIpc) is 2.59. The molecular weight excluding hydrogens is 324 g/mol. The summed E-state index contributed by atoms with van der Waals surface area (Å²) in [6.45, 7) is 18.0. The molecule has 0 aromatic rings. The fourth-order valence-corrected chi connectivity index (χ4v) is 2.38. The second kappa shape index (κ2) is 20.6. The van der Waals surface area contributed by atoms with Gasteiger partial charge < -0.3 is 14.3 Å². The van der Waals surface area contributed by atoms with Crippen LogP contribution in [0.4, 0.5) is 0 Å². The van der Waals surface area contributed by atoms with Crippen molar-refractivity contribution in [2.75, 3.05) is 13.2 Å². The predicted octanol–water partition coefficient (Wildman–Crippen LogP) is 6.74. The van der Waals surface area contributed by atoms with Crippen LogP contribution in [0.5, 0.6) is 0 Å². The van der Waals surface area contributed by atoms with Crippen LogP contribution in [-0.4, -0.2) is 31.7 Å². The maximum absolute atomic E-state index is 10.2. The van der Waals surface area contributed by atoms with Crippen molar-refractivity contribution in [2.45, 2.75) is 112 Å². The number of ether oxygens (including phenoxy) is 2. The van der Waals surface area contributed by atoms with Crippen LogP contribution in [0, 0.1) is 5.92 Å². The highest BCUT2D eigenvalue weighted by Gasteiger charge is 2.05. The van der Waals surface area contributed by atoms with E-state index >= 15 is 0 Å². The quantitative estimate of drug-likeness (QED) is 0.171. The van der Waals surface area contributed by atoms with E-state index in [9.17, 15) is 4.79 Å².